The van der Waals surface area contributed by atoms with Gasteiger partial charge in [0.2, 0.25) is 0 Å². The third-order valence-corrected chi connectivity index (χ3v) is 3.89. The van der Waals surface area contributed by atoms with Gasteiger partial charge in [0.15, 0.2) is 0 Å². The number of hydrogen-bond donors (Lipinski definition) is 3. The number of ether oxygens (including phenoxy) is 2. The molecule has 0 saturated heterocycles. The first-order chi connectivity index (χ1) is 11.3. The predicted molar refractivity (Wildman–Crippen MR) is 91.8 cm³/mol. The van der Waals surface area contributed by atoms with E-state index in [2.05, 4.69) is 10.2 Å². The molecule has 0 aromatic heterocycles. The largest absolute Gasteiger partial charge is 0.506 e. The van der Waals surface area contributed by atoms with Crippen LogP contribution in [0.15, 0.2) is 45.5 Å². The molecule has 4 N–H and O–H groups in total. The van der Waals surface area contributed by atoms with Gasteiger partial charge < -0.3 is 20.3 Å². The van der Waals surface area contributed by atoms with Gasteiger partial charge in [0.1, 0.15) is 28.6 Å². The van der Waals surface area contributed by atoms with Gasteiger partial charge in [0.25, 0.3) is 10.1 Å². The molecule has 129 valence electrons. The van der Waals surface area contributed by atoms with Crippen molar-refractivity contribution in [2.24, 2.45) is 10.2 Å². The molecule has 0 aliphatic heterocycles. The zero-order valence-corrected chi connectivity index (χ0v) is 16.6. The minimum absolute atomic E-state index is 0. The fourth-order valence-corrected chi connectivity index (χ4v) is 2.34. The van der Waals surface area contributed by atoms with Crippen LogP contribution in [0.2, 0.25) is 0 Å². The number of rotatable bonds is 5. The maximum absolute atomic E-state index is 11.1. The molecule has 0 aliphatic rings. The number of anilines is 1. The standard InChI is InChI=1S/C14H15N3O6S.Na/c1-22-13-7-11(14(23-2)6-9(13)15)17-16-10-5-8(24(19,20)21)3-4-12(10)18;/h3-7,18H,15H2,1-2H3,(H,19,20,21);. The van der Waals surface area contributed by atoms with Crippen LogP contribution in [0.4, 0.5) is 17.1 Å². The molecule has 0 atom stereocenters. The molecule has 2 rings (SSSR count). The summed E-state index contributed by atoms with van der Waals surface area (Å²) < 4.78 is 41.5. The maximum Gasteiger partial charge on any atom is 0.294 e. The van der Waals surface area contributed by atoms with E-state index in [1.807, 2.05) is 0 Å². The van der Waals surface area contributed by atoms with E-state index in [4.69, 9.17) is 19.8 Å². The molecule has 0 amide bonds. The molecule has 2 aromatic carbocycles. The fraction of sp³-hybridized carbons (Fsp3) is 0.143. The van der Waals surface area contributed by atoms with E-state index in [0.29, 0.717) is 17.2 Å². The topological polar surface area (TPSA) is 144 Å². The SMILES string of the molecule is COc1cc(N=Nc2cc(S(=O)(=O)O)ccc2O)c(OC)cc1N.[Na]. The Hall–Kier alpha value is -1.85. The molecule has 0 unspecified atom stereocenters. The molecule has 0 bridgehead atoms. The van der Waals surface area contributed by atoms with Gasteiger partial charge in [-0.05, 0) is 18.2 Å². The van der Waals surface area contributed by atoms with Gasteiger partial charge in [0.05, 0.1) is 24.8 Å². The normalized spacial score (nSPS) is 11.2. The smallest absolute Gasteiger partial charge is 0.294 e. The number of nitrogens with zero attached hydrogens (tertiary/aromatic N) is 2. The Morgan fingerprint density at radius 2 is 1.60 bits per heavy atom. The summed E-state index contributed by atoms with van der Waals surface area (Å²) in [7, 11) is -1.58. The van der Waals surface area contributed by atoms with E-state index in [-0.39, 0.29) is 46.7 Å². The van der Waals surface area contributed by atoms with Crippen LogP contribution in [0.1, 0.15) is 0 Å². The molecule has 25 heavy (non-hydrogen) atoms. The van der Waals surface area contributed by atoms with Crippen LogP contribution >= 0.6 is 0 Å². The molecule has 2 aromatic rings. The summed E-state index contributed by atoms with van der Waals surface area (Å²) in [5, 5.41) is 17.4. The van der Waals surface area contributed by atoms with Crippen molar-refractivity contribution in [2.75, 3.05) is 20.0 Å². The Bertz CT molecular complexity index is 902. The number of methoxy groups -OCH3 is 2. The predicted octanol–water partition coefficient (Wildman–Crippen LogP) is 2.27. The second kappa shape index (κ2) is 8.50. The van der Waals surface area contributed by atoms with Crippen molar-refractivity contribution >= 4 is 56.7 Å². The Morgan fingerprint density at radius 1 is 1.00 bits per heavy atom. The van der Waals surface area contributed by atoms with Crippen molar-refractivity contribution in [3.8, 4) is 17.2 Å². The Kier molecular flexibility index (Phi) is 7.20. The average molecular weight is 376 g/mol. The third kappa shape index (κ3) is 5.06. The van der Waals surface area contributed by atoms with Gasteiger partial charge in [-0.3, -0.25) is 4.55 Å². The van der Waals surface area contributed by atoms with Gasteiger partial charge in [-0.2, -0.15) is 8.42 Å². The molecule has 0 fully saturated rings. The Labute approximate surface area is 166 Å². The van der Waals surface area contributed by atoms with Crippen molar-refractivity contribution in [1.82, 2.24) is 0 Å². The number of phenolic OH excluding ortho intramolecular Hbond substituents is 1. The zero-order valence-electron chi connectivity index (χ0n) is 13.8. The number of nitrogens with two attached hydrogens (primary N) is 1. The molecule has 0 aliphatic carbocycles. The molecule has 9 nitrogen and oxygen atoms in total. The fourth-order valence-electron chi connectivity index (χ4n) is 1.83. The summed E-state index contributed by atoms with van der Waals surface area (Å²) in [4.78, 5) is -0.420. The van der Waals surface area contributed by atoms with Crippen molar-refractivity contribution in [3.05, 3.63) is 30.3 Å². The molecule has 11 heteroatoms. The number of aromatic hydroxyl groups is 1. The van der Waals surface area contributed by atoms with Crippen LogP contribution < -0.4 is 15.2 Å². The number of hydrogen-bond acceptors (Lipinski definition) is 8. The average Bonchev–Trinajstić information content (AvgIpc) is 2.53. The van der Waals surface area contributed by atoms with Crippen LogP contribution in [-0.4, -0.2) is 61.9 Å². The first-order valence-corrected chi connectivity index (χ1v) is 7.94. The van der Waals surface area contributed by atoms with Crippen molar-refractivity contribution in [1.29, 1.82) is 0 Å². The second-order valence-corrected chi connectivity index (χ2v) is 6.01. The summed E-state index contributed by atoms with van der Waals surface area (Å²) in [6, 6.07) is 6.06. The molecule has 0 saturated carbocycles. The summed E-state index contributed by atoms with van der Waals surface area (Å²) in [5.74, 6) is 0.343. The van der Waals surface area contributed by atoms with Crippen molar-refractivity contribution < 1.29 is 27.6 Å². The molecular formula is C14H15N3NaO6S. The maximum atomic E-state index is 11.1. The van der Waals surface area contributed by atoms with E-state index in [1.54, 1.807) is 0 Å². The minimum Gasteiger partial charge on any atom is -0.506 e. The second-order valence-electron chi connectivity index (χ2n) is 4.59. The number of phenols is 1. The van der Waals surface area contributed by atoms with E-state index in [9.17, 15) is 13.5 Å². The van der Waals surface area contributed by atoms with Gasteiger partial charge >= 0.3 is 0 Å². The first-order valence-electron chi connectivity index (χ1n) is 6.50. The molecule has 1 radical (unpaired) electrons. The first kappa shape index (κ1) is 21.2. The number of nitrogen functional groups attached to an aromatic ring is 1. The minimum atomic E-state index is -4.43. The van der Waals surface area contributed by atoms with E-state index >= 15 is 0 Å². The van der Waals surface area contributed by atoms with E-state index < -0.39 is 15.0 Å². The van der Waals surface area contributed by atoms with Crippen molar-refractivity contribution in [3.63, 3.8) is 0 Å². The van der Waals surface area contributed by atoms with Crippen LogP contribution in [0, 0.1) is 0 Å². The Morgan fingerprint density at radius 3 is 2.16 bits per heavy atom. The Balaban J connectivity index is 0.00000312. The third-order valence-electron chi connectivity index (χ3n) is 3.04. The zero-order chi connectivity index (χ0) is 17.9. The molecule has 0 spiro atoms. The van der Waals surface area contributed by atoms with E-state index in [0.717, 1.165) is 18.2 Å². The van der Waals surface area contributed by atoms with Crippen LogP contribution in [-0.2, 0) is 10.1 Å². The summed E-state index contributed by atoms with van der Waals surface area (Å²) in [6.45, 7) is 0. The van der Waals surface area contributed by atoms with Crippen LogP contribution in [0.25, 0.3) is 0 Å². The van der Waals surface area contributed by atoms with Crippen LogP contribution in [0.3, 0.4) is 0 Å². The van der Waals surface area contributed by atoms with Crippen LogP contribution in [0.5, 0.6) is 17.2 Å². The van der Waals surface area contributed by atoms with E-state index in [1.165, 1.54) is 26.4 Å². The molecular weight excluding hydrogens is 361 g/mol. The van der Waals surface area contributed by atoms with Gasteiger partial charge in [0, 0.05) is 41.7 Å². The van der Waals surface area contributed by atoms with Crippen molar-refractivity contribution in [2.45, 2.75) is 4.90 Å². The number of benzene rings is 2. The molecule has 0 heterocycles. The summed E-state index contributed by atoms with van der Waals surface area (Å²) in [6.07, 6.45) is 0. The van der Waals surface area contributed by atoms with Gasteiger partial charge in [-0.15, -0.1) is 10.2 Å². The quantitative estimate of drug-likeness (QED) is 0.314. The number of azo groups is 1. The monoisotopic (exact) mass is 376 g/mol. The van der Waals surface area contributed by atoms with Gasteiger partial charge in [-0.25, -0.2) is 0 Å². The van der Waals surface area contributed by atoms with Gasteiger partial charge in [-0.1, -0.05) is 0 Å². The summed E-state index contributed by atoms with van der Waals surface area (Å²) in [5.41, 5.74) is 6.20. The summed E-state index contributed by atoms with van der Waals surface area (Å²) >= 11 is 0.